The number of non-ortho nitro benzene ring substituents is 1. The second-order valence-electron chi connectivity index (χ2n) is 4.52. The van der Waals surface area contributed by atoms with Crippen molar-refractivity contribution in [2.45, 2.75) is 13.0 Å². The first-order valence-electron chi connectivity index (χ1n) is 6.29. The Morgan fingerprint density at radius 2 is 2.05 bits per heavy atom. The standard InChI is InChI=1S/C15H11ClFNO4/c1-9(10-3-2-4-12(7-10)18(20)21)22-15(19)13-8-11(16)5-6-14(13)17/h2-9H,1H3/t9-/m0/s1. The summed E-state index contributed by atoms with van der Waals surface area (Å²) in [6.07, 6.45) is -0.772. The summed E-state index contributed by atoms with van der Waals surface area (Å²) in [6, 6.07) is 9.24. The van der Waals surface area contributed by atoms with Crippen molar-refractivity contribution in [1.82, 2.24) is 0 Å². The van der Waals surface area contributed by atoms with Crippen LogP contribution in [-0.2, 0) is 4.74 Å². The Morgan fingerprint density at radius 1 is 1.32 bits per heavy atom. The van der Waals surface area contributed by atoms with Gasteiger partial charge in [0.2, 0.25) is 0 Å². The number of nitrogens with zero attached hydrogens (tertiary/aromatic N) is 1. The second-order valence-corrected chi connectivity index (χ2v) is 4.96. The van der Waals surface area contributed by atoms with Gasteiger partial charge < -0.3 is 4.74 Å². The molecule has 0 aliphatic rings. The molecule has 0 unspecified atom stereocenters. The zero-order valence-electron chi connectivity index (χ0n) is 11.5. The van der Waals surface area contributed by atoms with Crippen molar-refractivity contribution >= 4 is 23.3 Å². The van der Waals surface area contributed by atoms with E-state index in [0.717, 1.165) is 6.07 Å². The summed E-state index contributed by atoms with van der Waals surface area (Å²) in [4.78, 5) is 22.2. The minimum absolute atomic E-state index is 0.116. The number of esters is 1. The highest BCUT2D eigenvalue weighted by molar-refractivity contribution is 6.30. The summed E-state index contributed by atoms with van der Waals surface area (Å²) in [7, 11) is 0. The summed E-state index contributed by atoms with van der Waals surface area (Å²) in [6.45, 7) is 1.54. The van der Waals surface area contributed by atoms with Crippen LogP contribution in [0.4, 0.5) is 10.1 Å². The van der Waals surface area contributed by atoms with Gasteiger partial charge in [-0.25, -0.2) is 9.18 Å². The molecule has 0 saturated heterocycles. The van der Waals surface area contributed by atoms with E-state index in [4.69, 9.17) is 16.3 Å². The average molecular weight is 324 g/mol. The van der Waals surface area contributed by atoms with Crippen molar-refractivity contribution in [3.63, 3.8) is 0 Å². The smallest absolute Gasteiger partial charge is 0.341 e. The van der Waals surface area contributed by atoms with E-state index >= 15 is 0 Å². The molecule has 0 bridgehead atoms. The molecule has 114 valence electrons. The van der Waals surface area contributed by atoms with Crippen LogP contribution in [0.5, 0.6) is 0 Å². The van der Waals surface area contributed by atoms with Gasteiger partial charge in [0.15, 0.2) is 0 Å². The van der Waals surface area contributed by atoms with E-state index in [1.165, 1.54) is 30.3 Å². The lowest BCUT2D eigenvalue weighted by Crippen LogP contribution is -2.11. The highest BCUT2D eigenvalue weighted by Gasteiger charge is 2.19. The molecule has 0 fully saturated rings. The number of carbonyl (C=O) groups excluding carboxylic acids is 1. The third-order valence-electron chi connectivity index (χ3n) is 2.98. The minimum Gasteiger partial charge on any atom is -0.454 e. The molecule has 2 rings (SSSR count). The monoisotopic (exact) mass is 323 g/mol. The summed E-state index contributed by atoms with van der Waals surface area (Å²) >= 11 is 5.72. The van der Waals surface area contributed by atoms with Crippen LogP contribution in [0.25, 0.3) is 0 Å². The summed E-state index contributed by atoms with van der Waals surface area (Å²) in [5.41, 5.74) is 0.0316. The van der Waals surface area contributed by atoms with Crippen LogP contribution in [0.2, 0.25) is 5.02 Å². The van der Waals surface area contributed by atoms with Gasteiger partial charge in [-0.15, -0.1) is 0 Å². The normalized spacial score (nSPS) is 11.8. The van der Waals surface area contributed by atoms with E-state index in [9.17, 15) is 19.3 Å². The maximum Gasteiger partial charge on any atom is 0.341 e. The molecule has 0 aromatic heterocycles. The van der Waals surface area contributed by atoms with Crippen molar-refractivity contribution < 1.29 is 18.8 Å². The molecule has 0 aliphatic heterocycles. The van der Waals surface area contributed by atoms with Crippen molar-refractivity contribution in [2.24, 2.45) is 0 Å². The number of hydrogen-bond acceptors (Lipinski definition) is 4. The number of nitro benzene ring substituents is 1. The molecule has 2 aromatic carbocycles. The fourth-order valence-electron chi connectivity index (χ4n) is 1.84. The number of carbonyl (C=O) groups is 1. The summed E-state index contributed by atoms with van der Waals surface area (Å²) < 4.78 is 18.7. The minimum atomic E-state index is -0.890. The Labute approximate surface area is 130 Å². The van der Waals surface area contributed by atoms with Crippen LogP contribution in [0, 0.1) is 15.9 Å². The van der Waals surface area contributed by atoms with E-state index in [2.05, 4.69) is 0 Å². The molecule has 0 aliphatic carbocycles. The SMILES string of the molecule is C[C@H](OC(=O)c1cc(Cl)ccc1F)c1cccc([N+](=O)[O-])c1. The first-order chi connectivity index (χ1) is 10.4. The largest absolute Gasteiger partial charge is 0.454 e. The molecular weight excluding hydrogens is 313 g/mol. The molecule has 22 heavy (non-hydrogen) atoms. The third-order valence-corrected chi connectivity index (χ3v) is 3.22. The van der Waals surface area contributed by atoms with Crippen LogP contribution in [-0.4, -0.2) is 10.9 Å². The Balaban J connectivity index is 2.19. The summed E-state index contributed by atoms with van der Waals surface area (Å²) in [5.74, 6) is -1.64. The number of nitro groups is 1. The highest BCUT2D eigenvalue weighted by Crippen LogP contribution is 2.24. The number of rotatable bonds is 4. The fourth-order valence-corrected chi connectivity index (χ4v) is 2.01. The third kappa shape index (κ3) is 3.59. The van der Waals surface area contributed by atoms with Crippen molar-refractivity contribution in [1.29, 1.82) is 0 Å². The molecule has 0 spiro atoms. The number of hydrogen-bond donors (Lipinski definition) is 0. The van der Waals surface area contributed by atoms with Crippen molar-refractivity contribution in [3.8, 4) is 0 Å². The van der Waals surface area contributed by atoms with Crippen LogP contribution in [0.15, 0.2) is 42.5 Å². The Hall–Kier alpha value is -2.47. The molecule has 0 saturated carbocycles. The maximum absolute atomic E-state index is 13.6. The van der Waals surface area contributed by atoms with Gasteiger partial charge in [0.1, 0.15) is 11.9 Å². The first-order valence-corrected chi connectivity index (χ1v) is 6.66. The lowest BCUT2D eigenvalue weighted by Gasteiger charge is -2.14. The zero-order chi connectivity index (χ0) is 16.3. The predicted octanol–water partition coefficient (Wildman–Crippen LogP) is 4.31. The van der Waals surface area contributed by atoms with Gasteiger partial charge in [-0.1, -0.05) is 23.7 Å². The zero-order valence-corrected chi connectivity index (χ0v) is 12.2. The van der Waals surface area contributed by atoms with Gasteiger partial charge in [0, 0.05) is 17.2 Å². The molecule has 5 nitrogen and oxygen atoms in total. The highest BCUT2D eigenvalue weighted by atomic mass is 35.5. The Morgan fingerprint density at radius 3 is 2.73 bits per heavy atom. The van der Waals surface area contributed by atoms with Gasteiger partial charge in [-0.2, -0.15) is 0 Å². The van der Waals surface area contributed by atoms with Gasteiger partial charge in [0.25, 0.3) is 5.69 Å². The van der Waals surface area contributed by atoms with Crippen LogP contribution >= 0.6 is 11.6 Å². The Kier molecular flexibility index (Phi) is 4.72. The van der Waals surface area contributed by atoms with Crippen molar-refractivity contribution in [2.75, 3.05) is 0 Å². The predicted molar refractivity (Wildman–Crippen MR) is 78.3 cm³/mol. The van der Waals surface area contributed by atoms with E-state index in [-0.39, 0.29) is 16.3 Å². The lowest BCUT2D eigenvalue weighted by molar-refractivity contribution is -0.385. The van der Waals surface area contributed by atoms with E-state index in [1.54, 1.807) is 13.0 Å². The molecule has 0 N–H and O–H groups in total. The number of ether oxygens (including phenoxy) is 1. The molecule has 0 radical (unpaired) electrons. The van der Waals surface area contributed by atoms with E-state index in [1.807, 2.05) is 0 Å². The lowest BCUT2D eigenvalue weighted by atomic mass is 10.1. The molecule has 7 heteroatoms. The van der Waals surface area contributed by atoms with Crippen molar-refractivity contribution in [3.05, 3.63) is 74.5 Å². The Bertz CT molecular complexity index is 735. The van der Waals surface area contributed by atoms with Gasteiger partial charge in [0.05, 0.1) is 10.5 Å². The molecule has 0 amide bonds. The quantitative estimate of drug-likeness (QED) is 0.477. The summed E-state index contributed by atoms with van der Waals surface area (Å²) in [5, 5.41) is 10.9. The molecule has 0 heterocycles. The number of halogens is 2. The number of benzene rings is 2. The van der Waals surface area contributed by atoms with E-state index < -0.39 is 22.8 Å². The molecule has 1 atom stereocenters. The van der Waals surface area contributed by atoms with Crippen LogP contribution < -0.4 is 0 Å². The van der Waals surface area contributed by atoms with Crippen LogP contribution in [0.3, 0.4) is 0 Å². The van der Waals surface area contributed by atoms with Gasteiger partial charge in [-0.3, -0.25) is 10.1 Å². The molecular formula is C15H11ClFNO4. The van der Waals surface area contributed by atoms with Gasteiger partial charge >= 0.3 is 5.97 Å². The second kappa shape index (κ2) is 6.53. The average Bonchev–Trinajstić information content (AvgIpc) is 2.49. The van der Waals surface area contributed by atoms with Crippen LogP contribution in [0.1, 0.15) is 28.9 Å². The molecule has 2 aromatic rings. The maximum atomic E-state index is 13.6. The fraction of sp³-hybridized carbons (Fsp3) is 0.133. The first kappa shape index (κ1) is 15.9. The van der Waals surface area contributed by atoms with Gasteiger partial charge in [-0.05, 0) is 30.7 Å². The topological polar surface area (TPSA) is 69.4 Å². The van der Waals surface area contributed by atoms with E-state index in [0.29, 0.717) is 5.56 Å².